The van der Waals surface area contributed by atoms with E-state index in [0.29, 0.717) is 0 Å². The molecule has 0 aliphatic heterocycles. The van der Waals surface area contributed by atoms with Crippen molar-refractivity contribution in [2.75, 3.05) is 0 Å². The van der Waals surface area contributed by atoms with Crippen LogP contribution < -0.4 is 0 Å². The standard InChI is InChI=1S/C12H16Br/c1-10(2)6-5-8-11-7-3-4-9-12(11)13/h3-4,9-10H,5-6,8H2,1-2H3. The normalized spacial score (nSPS) is 10.8. The minimum absolute atomic E-state index is 0.808. The van der Waals surface area contributed by atoms with Gasteiger partial charge in [-0.2, -0.15) is 0 Å². The van der Waals surface area contributed by atoms with Gasteiger partial charge in [-0.05, 0) is 36.5 Å². The fourth-order valence-corrected chi connectivity index (χ4v) is 1.79. The Balaban J connectivity index is 2.41. The minimum Gasteiger partial charge on any atom is -0.0628 e. The van der Waals surface area contributed by atoms with Crippen molar-refractivity contribution in [1.82, 2.24) is 0 Å². The van der Waals surface area contributed by atoms with Crippen LogP contribution in [0.5, 0.6) is 0 Å². The van der Waals surface area contributed by atoms with Crippen LogP contribution in [0.3, 0.4) is 0 Å². The first-order valence-corrected chi connectivity index (χ1v) is 5.64. The van der Waals surface area contributed by atoms with Crippen LogP contribution in [0.15, 0.2) is 22.7 Å². The lowest BCUT2D eigenvalue weighted by atomic mass is 10.0. The van der Waals surface area contributed by atoms with Gasteiger partial charge in [-0.3, -0.25) is 0 Å². The first kappa shape index (κ1) is 10.8. The van der Waals surface area contributed by atoms with Crippen LogP contribution in [-0.2, 0) is 6.42 Å². The maximum Gasteiger partial charge on any atom is 0.0213 e. The molecule has 0 aliphatic rings. The second-order valence-corrected chi connectivity index (χ2v) is 4.64. The topological polar surface area (TPSA) is 0 Å². The molecule has 71 valence electrons. The lowest BCUT2D eigenvalue weighted by Gasteiger charge is -2.05. The van der Waals surface area contributed by atoms with Gasteiger partial charge in [0.15, 0.2) is 0 Å². The van der Waals surface area contributed by atoms with Crippen molar-refractivity contribution in [3.63, 3.8) is 0 Å². The molecule has 1 aromatic carbocycles. The van der Waals surface area contributed by atoms with E-state index in [-0.39, 0.29) is 0 Å². The average Bonchev–Trinajstić information content (AvgIpc) is 2.08. The Morgan fingerprint density at radius 3 is 2.85 bits per heavy atom. The second kappa shape index (κ2) is 5.43. The van der Waals surface area contributed by atoms with Crippen LogP contribution in [0, 0.1) is 12.0 Å². The predicted molar refractivity (Wildman–Crippen MR) is 60.8 cm³/mol. The van der Waals surface area contributed by atoms with Crippen molar-refractivity contribution in [2.45, 2.75) is 33.1 Å². The summed E-state index contributed by atoms with van der Waals surface area (Å²) in [6, 6.07) is 9.34. The highest BCUT2D eigenvalue weighted by molar-refractivity contribution is 9.10. The van der Waals surface area contributed by atoms with Crippen LogP contribution in [0.25, 0.3) is 0 Å². The SMILES string of the molecule is CC(C)CCCc1[c]cccc1Br. The summed E-state index contributed by atoms with van der Waals surface area (Å²) < 4.78 is 1.19. The molecular formula is C12H16Br. The molecule has 0 nitrogen and oxygen atoms in total. The third-order valence-electron chi connectivity index (χ3n) is 2.09. The maximum atomic E-state index is 3.53. The molecule has 13 heavy (non-hydrogen) atoms. The summed E-state index contributed by atoms with van der Waals surface area (Å²) in [5, 5.41) is 0. The molecule has 0 unspecified atom stereocenters. The van der Waals surface area contributed by atoms with E-state index >= 15 is 0 Å². The Morgan fingerprint density at radius 1 is 1.46 bits per heavy atom. The predicted octanol–water partition coefficient (Wildman–Crippen LogP) is 4.23. The zero-order chi connectivity index (χ0) is 9.68. The quantitative estimate of drug-likeness (QED) is 0.738. The monoisotopic (exact) mass is 239 g/mol. The summed E-state index contributed by atoms with van der Waals surface area (Å²) >= 11 is 3.53. The molecule has 1 radical (unpaired) electrons. The summed E-state index contributed by atoms with van der Waals surface area (Å²) in [7, 11) is 0. The molecular weight excluding hydrogens is 224 g/mol. The van der Waals surface area contributed by atoms with Crippen molar-refractivity contribution in [1.29, 1.82) is 0 Å². The first-order chi connectivity index (χ1) is 6.20. The molecule has 0 amide bonds. The number of benzene rings is 1. The van der Waals surface area contributed by atoms with Gasteiger partial charge in [-0.15, -0.1) is 0 Å². The summed E-state index contributed by atoms with van der Waals surface area (Å²) in [6.45, 7) is 4.54. The Hall–Kier alpha value is -0.300. The Morgan fingerprint density at radius 2 is 2.23 bits per heavy atom. The Labute approximate surface area is 89.5 Å². The molecule has 1 heteroatoms. The van der Waals surface area contributed by atoms with Gasteiger partial charge < -0.3 is 0 Å². The summed E-state index contributed by atoms with van der Waals surface area (Å²) in [5.74, 6) is 0.808. The van der Waals surface area contributed by atoms with Gasteiger partial charge in [0.05, 0.1) is 0 Å². The first-order valence-electron chi connectivity index (χ1n) is 4.85. The van der Waals surface area contributed by atoms with E-state index in [1.165, 1.54) is 22.9 Å². The average molecular weight is 240 g/mol. The smallest absolute Gasteiger partial charge is 0.0213 e. The zero-order valence-electron chi connectivity index (χ0n) is 8.31. The van der Waals surface area contributed by atoms with E-state index < -0.39 is 0 Å². The van der Waals surface area contributed by atoms with E-state index in [1.807, 2.05) is 12.1 Å². The second-order valence-electron chi connectivity index (χ2n) is 3.78. The van der Waals surface area contributed by atoms with E-state index in [4.69, 9.17) is 0 Å². The number of rotatable bonds is 4. The summed E-state index contributed by atoms with van der Waals surface area (Å²) in [4.78, 5) is 0. The van der Waals surface area contributed by atoms with Crippen LogP contribution in [0.2, 0.25) is 0 Å². The third-order valence-corrected chi connectivity index (χ3v) is 2.84. The van der Waals surface area contributed by atoms with Crippen LogP contribution in [0.1, 0.15) is 32.3 Å². The molecule has 0 fully saturated rings. The molecule has 1 rings (SSSR count). The fourth-order valence-electron chi connectivity index (χ4n) is 1.33. The van der Waals surface area contributed by atoms with E-state index in [1.54, 1.807) is 0 Å². The molecule has 0 aromatic heterocycles. The molecule has 1 aromatic rings. The lowest BCUT2D eigenvalue weighted by Crippen LogP contribution is -1.91. The molecule has 0 N–H and O–H groups in total. The molecule has 0 bridgehead atoms. The Bertz CT molecular complexity index is 253. The highest BCUT2D eigenvalue weighted by Gasteiger charge is 1.99. The number of hydrogen-bond donors (Lipinski definition) is 0. The highest BCUT2D eigenvalue weighted by atomic mass is 79.9. The van der Waals surface area contributed by atoms with Gasteiger partial charge in [0.25, 0.3) is 0 Å². The molecule has 0 atom stereocenters. The van der Waals surface area contributed by atoms with Crippen LogP contribution in [0.4, 0.5) is 0 Å². The van der Waals surface area contributed by atoms with Crippen LogP contribution in [-0.4, -0.2) is 0 Å². The summed E-state index contributed by atoms with van der Waals surface area (Å²) in [5.41, 5.74) is 1.31. The molecule has 0 aliphatic carbocycles. The van der Waals surface area contributed by atoms with Crippen LogP contribution >= 0.6 is 15.9 Å². The summed E-state index contributed by atoms with van der Waals surface area (Å²) in [6.07, 6.45) is 3.70. The van der Waals surface area contributed by atoms with Crippen molar-refractivity contribution < 1.29 is 0 Å². The number of halogens is 1. The van der Waals surface area contributed by atoms with E-state index in [2.05, 4.69) is 41.9 Å². The third kappa shape index (κ3) is 3.95. The van der Waals surface area contributed by atoms with Crippen molar-refractivity contribution >= 4 is 15.9 Å². The van der Waals surface area contributed by atoms with Crippen molar-refractivity contribution in [3.05, 3.63) is 34.3 Å². The molecule has 0 saturated heterocycles. The molecule has 0 saturated carbocycles. The van der Waals surface area contributed by atoms with Crippen molar-refractivity contribution in [3.8, 4) is 0 Å². The van der Waals surface area contributed by atoms with E-state index in [0.717, 1.165) is 12.3 Å². The minimum atomic E-state index is 0.808. The molecule has 0 heterocycles. The van der Waals surface area contributed by atoms with E-state index in [9.17, 15) is 0 Å². The zero-order valence-corrected chi connectivity index (χ0v) is 9.89. The van der Waals surface area contributed by atoms with Gasteiger partial charge in [0.1, 0.15) is 0 Å². The highest BCUT2D eigenvalue weighted by Crippen LogP contribution is 2.18. The maximum absolute atomic E-state index is 3.53. The Kier molecular flexibility index (Phi) is 4.51. The van der Waals surface area contributed by atoms with Gasteiger partial charge in [-0.25, -0.2) is 0 Å². The van der Waals surface area contributed by atoms with Gasteiger partial charge in [0.2, 0.25) is 0 Å². The fraction of sp³-hybridized carbons (Fsp3) is 0.500. The van der Waals surface area contributed by atoms with Gasteiger partial charge >= 0.3 is 0 Å². The van der Waals surface area contributed by atoms with Gasteiger partial charge in [-0.1, -0.05) is 48.3 Å². The number of hydrogen-bond acceptors (Lipinski definition) is 0. The number of aryl methyl sites for hydroxylation is 1. The van der Waals surface area contributed by atoms with Crippen molar-refractivity contribution in [2.24, 2.45) is 5.92 Å². The molecule has 0 spiro atoms. The van der Waals surface area contributed by atoms with Gasteiger partial charge in [0, 0.05) is 4.47 Å². The lowest BCUT2D eigenvalue weighted by molar-refractivity contribution is 0.555. The largest absolute Gasteiger partial charge is 0.0628 e.